The number of nitrogens with two attached hydrogens (primary N) is 2. The number of carbonyl (C=O) groups is 1. The first-order valence-corrected chi connectivity index (χ1v) is 8.20. The summed E-state index contributed by atoms with van der Waals surface area (Å²) in [5.41, 5.74) is 14.2. The van der Waals surface area contributed by atoms with E-state index in [4.69, 9.17) is 20.9 Å². The molecule has 0 saturated carbocycles. The van der Waals surface area contributed by atoms with Crippen molar-refractivity contribution in [2.75, 3.05) is 36.6 Å². The zero-order valence-electron chi connectivity index (χ0n) is 14.5. The van der Waals surface area contributed by atoms with Crippen LogP contribution in [0.5, 0.6) is 5.75 Å². The van der Waals surface area contributed by atoms with E-state index in [1.807, 2.05) is 6.07 Å². The van der Waals surface area contributed by atoms with Crippen molar-refractivity contribution in [1.29, 1.82) is 0 Å². The van der Waals surface area contributed by atoms with Crippen LogP contribution in [0.25, 0.3) is 11.2 Å². The minimum atomic E-state index is -0.409. The number of ether oxygens (including phenoxy) is 2. The third kappa shape index (κ3) is 3.12. The molecule has 138 valence electrons. The van der Waals surface area contributed by atoms with Crippen LogP contribution >= 0.6 is 0 Å². The van der Waals surface area contributed by atoms with Gasteiger partial charge in [0.2, 0.25) is 5.95 Å². The highest BCUT2D eigenvalue weighted by Crippen LogP contribution is 2.33. The van der Waals surface area contributed by atoms with Gasteiger partial charge in [0.1, 0.15) is 12.4 Å². The molecule has 2 aromatic heterocycles. The van der Waals surface area contributed by atoms with Crippen molar-refractivity contribution in [2.45, 2.75) is 6.54 Å². The first-order valence-electron chi connectivity index (χ1n) is 8.20. The highest BCUT2D eigenvalue weighted by atomic mass is 16.5. The number of rotatable bonds is 3. The number of nitrogens with zero attached hydrogens (tertiary/aromatic N) is 5. The van der Waals surface area contributed by atoms with Gasteiger partial charge in [-0.15, -0.1) is 0 Å². The van der Waals surface area contributed by atoms with Gasteiger partial charge in [-0.3, -0.25) is 0 Å². The summed E-state index contributed by atoms with van der Waals surface area (Å²) in [7, 11) is 1.34. The Labute approximate surface area is 154 Å². The molecule has 0 fully saturated rings. The molecule has 0 atom stereocenters. The van der Waals surface area contributed by atoms with Crippen LogP contribution < -0.4 is 21.1 Å². The van der Waals surface area contributed by atoms with Crippen LogP contribution in [-0.2, 0) is 11.3 Å². The fourth-order valence-electron chi connectivity index (χ4n) is 2.94. The lowest BCUT2D eigenvalue weighted by Crippen LogP contribution is -2.32. The van der Waals surface area contributed by atoms with E-state index in [0.29, 0.717) is 47.9 Å². The van der Waals surface area contributed by atoms with E-state index in [2.05, 4.69) is 24.8 Å². The monoisotopic (exact) mass is 367 g/mol. The second kappa shape index (κ2) is 6.56. The maximum absolute atomic E-state index is 11.7. The predicted octanol–water partition coefficient (Wildman–Crippen LogP) is 0.770. The van der Waals surface area contributed by atoms with Crippen molar-refractivity contribution in [2.24, 2.45) is 0 Å². The van der Waals surface area contributed by atoms with E-state index in [1.165, 1.54) is 7.11 Å². The number of methoxy groups -OCH3 is 1. The van der Waals surface area contributed by atoms with Gasteiger partial charge < -0.3 is 25.8 Å². The zero-order valence-corrected chi connectivity index (χ0v) is 14.5. The maximum Gasteiger partial charge on any atom is 0.337 e. The van der Waals surface area contributed by atoms with Gasteiger partial charge in [0.05, 0.1) is 43.3 Å². The Morgan fingerprint density at radius 1 is 1.30 bits per heavy atom. The summed E-state index contributed by atoms with van der Waals surface area (Å²) in [6.07, 6.45) is 1.63. The minimum absolute atomic E-state index is 0.0607. The molecule has 10 nitrogen and oxygen atoms in total. The van der Waals surface area contributed by atoms with Gasteiger partial charge in [-0.2, -0.15) is 9.97 Å². The van der Waals surface area contributed by atoms with Crippen LogP contribution in [0.1, 0.15) is 16.1 Å². The molecule has 3 aromatic rings. The predicted molar refractivity (Wildman–Crippen MR) is 98.3 cm³/mol. The van der Waals surface area contributed by atoms with Crippen LogP contribution in [0.15, 0.2) is 24.4 Å². The van der Waals surface area contributed by atoms with Crippen LogP contribution in [0, 0.1) is 0 Å². The average molecular weight is 367 g/mol. The Bertz CT molecular complexity index is 1040. The molecule has 0 unspecified atom stereocenters. The lowest BCUT2D eigenvalue weighted by atomic mass is 10.1. The van der Waals surface area contributed by atoms with E-state index in [1.54, 1.807) is 18.3 Å². The molecule has 4 N–H and O–H groups in total. The largest absolute Gasteiger partial charge is 0.490 e. The molecule has 4 rings (SSSR count). The molecule has 1 aliphatic rings. The summed E-state index contributed by atoms with van der Waals surface area (Å²) in [5.74, 6) is 0.463. The molecule has 10 heteroatoms. The van der Waals surface area contributed by atoms with Crippen molar-refractivity contribution in [3.63, 3.8) is 0 Å². The highest BCUT2D eigenvalue weighted by molar-refractivity contribution is 5.91. The third-order valence-electron chi connectivity index (χ3n) is 4.19. The number of benzene rings is 1. The second-order valence-electron chi connectivity index (χ2n) is 5.94. The Balaban J connectivity index is 1.64. The SMILES string of the molecule is COC(=O)c1ccc2c(c1)OCCN2Cc1cnc2nc(N)nc(N)c2n1. The molecule has 0 bridgehead atoms. The van der Waals surface area contributed by atoms with Crippen LogP contribution in [-0.4, -0.2) is 46.2 Å². The van der Waals surface area contributed by atoms with Crippen LogP contribution in [0.4, 0.5) is 17.5 Å². The standard InChI is InChI=1S/C17H17N7O3/c1-26-16(25)9-2-3-11-12(6-9)27-5-4-24(11)8-10-7-20-15-13(21-10)14(18)22-17(19)23-15/h2-3,6-7H,4-5,8H2,1H3,(H4,18,19,20,22,23). The molecule has 0 aliphatic carbocycles. The van der Waals surface area contributed by atoms with Crippen LogP contribution in [0.2, 0.25) is 0 Å². The summed E-state index contributed by atoms with van der Waals surface area (Å²) in [6.45, 7) is 1.64. The van der Waals surface area contributed by atoms with Gasteiger partial charge in [0.15, 0.2) is 17.0 Å². The van der Waals surface area contributed by atoms with E-state index in [-0.39, 0.29) is 11.8 Å². The van der Waals surface area contributed by atoms with Gasteiger partial charge >= 0.3 is 5.97 Å². The summed E-state index contributed by atoms with van der Waals surface area (Å²) >= 11 is 0. The van der Waals surface area contributed by atoms with Crippen molar-refractivity contribution in [3.8, 4) is 5.75 Å². The second-order valence-corrected chi connectivity index (χ2v) is 5.94. The lowest BCUT2D eigenvalue weighted by Gasteiger charge is -2.31. The first kappa shape index (κ1) is 16.8. The maximum atomic E-state index is 11.7. The quantitative estimate of drug-likeness (QED) is 0.637. The summed E-state index contributed by atoms with van der Waals surface area (Å²) in [6, 6.07) is 5.20. The third-order valence-corrected chi connectivity index (χ3v) is 4.19. The Hall–Kier alpha value is -3.69. The van der Waals surface area contributed by atoms with Crippen molar-refractivity contribution in [1.82, 2.24) is 19.9 Å². The molecule has 0 spiro atoms. The Morgan fingerprint density at radius 2 is 2.15 bits per heavy atom. The van der Waals surface area contributed by atoms with Crippen LogP contribution in [0.3, 0.4) is 0 Å². The number of nitrogen functional groups attached to an aromatic ring is 2. The molecule has 0 amide bonds. The molecule has 0 radical (unpaired) electrons. The molecular formula is C17H17N7O3. The van der Waals surface area contributed by atoms with Gasteiger partial charge in [0, 0.05) is 0 Å². The number of anilines is 3. The number of hydrogen-bond donors (Lipinski definition) is 2. The van der Waals surface area contributed by atoms with E-state index < -0.39 is 5.97 Å². The fraction of sp³-hybridized carbons (Fsp3) is 0.235. The first-order chi connectivity index (χ1) is 13.0. The number of hydrogen-bond acceptors (Lipinski definition) is 10. The van der Waals surface area contributed by atoms with Gasteiger partial charge in [-0.25, -0.2) is 14.8 Å². The summed E-state index contributed by atoms with van der Waals surface area (Å²) in [5, 5.41) is 0. The normalized spacial score (nSPS) is 13.1. The fourth-order valence-corrected chi connectivity index (χ4v) is 2.94. The van der Waals surface area contributed by atoms with Crippen molar-refractivity contribution in [3.05, 3.63) is 35.7 Å². The Kier molecular flexibility index (Phi) is 4.07. The number of fused-ring (bicyclic) bond motifs is 2. The molecule has 1 aliphatic heterocycles. The van der Waals surface area contributed by atoms with Gasteiger partial charge in [-0.05, 0) is 18.2 Å². The highest BCUT2D eigenvalue weighted by Gasteiger charge is 2.21. The van der Waals surface area contributed by atoms with E-state index in [9.17, 15) is 4.79 Å². The van der Waals surface area contributed by atoms with E-state index in [0.717, 1.165) is 5.69 Å². The molecule has 27 heavy (non-hydrogen) atoms. The number of esters is 1. The van der Waals surface area contributed by atoms with Crippen molar-refractivity contribution >= 4 is 34.6 Å². The number of aromatic nitrogens is 4. The summed E-state index contributed by atoms with van der Waals surface area (Å²) in [4.78, 5) is 30.5. The topological polar surface area (TPSA) is 142 Å². The number of carbonyl (C=O) groups excluding carboxylic acids is 1. The van der Waals surface area contributed by atoms with Gasteiger partial charge in [-0.1, -0.05) is 0 Å². The molecule has 3 heterocycles. The lowest BCUT2D eigenvalue weighted by molar-refractivity contribution is 0.0600. The average Bonchev–Trinajstić information content (AvgIpc) is 2.67. The zero-order chi connectivity index (χ0) is 19.0. The van der Waals surface area contributed by atoms with E-state index >= 15 is 0 Å². The molecule has 1 aromatic carbocycles. The molecule has 0 saturated heterocycles. The Morgan fingerprint density at radius 3 is 2.96 bits per heavy atom. The smallest absolute Gasteiger partial charge is 0.337 e. The minimum Gasteiger partial charge on any atom is -0.490 e. The summed E-state index contributed by atoms with van der Waals surface area (Å²) < 4.78 is 10.4. The molecular weight excluding hydrogens is 350 g/mol. The van der Waals surface area contributed by atoms with Gasteiger partial charge in [0.25, 0.3) is 0 Å². The van der Waals surface area contributed by atoms with Crippen molar-refractivity contribution < 1.29 is 14.3 Å².